The number of piperidine rings is 1. The van der Waals surface area contributed by atoms with Gasteiger partial charge in [0.25, 0.3) is 0 Å². The predicted molar refractivity (Wildman–Crippen MR) is 95.6 cm³/mol. The van der Waals surface area contributed by atoms with Gasteiger partial charge < -0.3 is 5.32 Å². The van der Waals surface area contributed by atoms with E-state index in [0.29, 0.717) is 25.1 Å². The summed E-state index contributed by atoms with van der Waals surface area (Å²) >= 11 is 0. The third-order valence-electron chi connectivity index (χ3n) is 3.84. The van der Waals surface area contributed by atoms with Gasteiger partial charge in [-0.25, -0.2) is 18.1 Å². The Labute approximate surface area is 147 Å². The molecule has 1 saturated heterocycles. The van der Waals surface area contributed by atoms with Crippen molar-refractivity contribution in [3.05, 3.63) is 29.8 Å². The molecule has 1 atom stereocenters. The standard InChI is InChI=1S/C16H22N4O4S/c1-12(21)18-15-7-5-13(6-8-15)10-17-19-16(22)14-4-3-9-20(11-14)25(2,23)24/h5-8,10,14H,3-4,9,11H2,1-2H3,(H,18,21)(H,19,22)/b17-10+. The molecule has 1 heterocycles. The van der Waals surface area contributed by atoms with Crippen molar-refractivity contribution in [3.8, 4) is 0 Å². The van der Waals surface area contributed by atoms with Crippen molar-refractivity contribution in [2.24, 2.45) is 11.0 Å². The molecule has 1 aliphatic heterocycles. The highest BCUT2D eigenvalue weighted by molar-refractivity contribution is 7.88. The maximum absolute atomic E-state index is 12.1. The molecule has 0 aliphatic carbocycles. The second kappa shape index (κ2) is 8.21. The van der Waals surface area contributed by atoms with Crippen molar-refractivity contribution in [2.75, 3.05) is 24.7 Å². The number of rotatable bonds is 5. The van der Waals surface area contributed by atoms with E-state index in [1.165, 1.54) is 17.4 Å². The lowest BCUT2D eigenvalue weighted by Crippen LogP contribution is -2.44. The minimum atomic E-state index is -3.28. The van der Waals surface area contributed by atoms with Gasteiger partial charge in [0.1, 0.15) is 0 Å². The van der Waals surface area contributed by atoms with Crippen LogP contribution in [0.3, 0.4) is 0 Å². The quantitative estimate of drug-likeness (QED) is 0.592. The molecule has 2 N–H and O–H groups in total. The first-order valence-electron chi connectivity index (χ1n) is 7.91. The minimum Gasteiger partial charge on any atom is -0.326 e. The summed E-state index contributed by atoms with van der Waals surface area (Å²) in [7, 11) is -3.28. The second-order valence-corrected chi connectivity index (χ2v) is 7.98. The topological polar surface area (TPSA) is 108 Å². The van der Waals surface area contributed by atoms with E-state index in [-0.39, 0.29) is 18.4 Å². The van der Waals surface area contributed by atoms with Crippen LogP contribution in [0.2, 0.25) is 0 Å². The van der Waals surface area contributed by atoms with Crippen LogP contribution in [0.15, 0.2) is 29.4 Å². The number of nitrogens with one attached hydrogen (secondary N) is 2. The average molecular weight is 366 g/mol. The zero-order chi connectivity index (χ0) is 18.4. The molecule has 0 bridgehead atoms. The minimum absolute atomic E-state index is 0.149. The van der Waals surface area contributed by atoms with E-state index in [1.807, 2.05) is 0 Å². The van der Waals surface area contributed by atoms with Crippen molar-refractivity contribution in [1.82, 2.24) is 9.73 Å². The van der Waals surface area contributed by atoms with Crippen LogP contribution < -0.4 is 10.7 Å². The molecule has 1 aromatic rings. The second-order valence-electron chi connectivity index (χ2n) is 6.00. The SMILES string of the molecule is CC(=O)Nc1ccc(/C=N/NC(=O)C2CCCN(S(C)(=O)=O)C2)cc1. The molecule has 9 heteroatoms. The largest absolute Gasteiger partial charge is 0.326 e. The predicted octanol–water partition coefficient (Wildman–Crippen LogP) is 0.767. The summed E-state index contributed by atoms with van der Waals surface area (Å²) in [5.74, 6) is -0.841. The Bertz CT molecular complexity index is 759. The summed E-state index contributed by atoms with van der Waals surface area (Å²) < 4.78 is 24.5. The molecule has 0 radical (unpaired) electrons. The van der Waals surface area contributed by atoms with Crippen LogP contribution in [0.25, 0.3) is 0 Å². The van der Waals surface area contributed by atoms with Crippen LogP contribution in [-0.4, -0.2) is 50.1 Å². The number of amides is 2. The van der Waals surface area contributed by atoms with Crippen molar-refractivity contribution in [2.45, 2.75) is 19.8 Å². The molecule has 25 heavy (non-hydrogen) atoms. The van der Waals surface area contributed by atoms with Gasteiger partial charge in [-0.2, -0.15) is 5.10 Å². The Morgan fingerprint density at radius 3 is 2.56 bits per heavy atom. The van der Waals surface area contributed by atoms with Crippen molar-refractivity contribution in [1.29, 1.82) is 0 Å². The highest BCUT2D eigenvalue weighted by Crippen LogP contribution is 2.18. The van der Waals surface area contributed by atoms with Crippen LogP contribution in [0, 0.1) is 5.92 Å². The Hall–Kier alpha value is -2.26. The number of hydrogen-bond donors (Lipinski definition) is 2. The van der Waals surface area contributed by atoms with Gasteiger partial charge in [-0.3, -0.25) is 9.59 Å². The molecule has 1 aliphatic rings. The number of carbonyl (C=O) groups is 2. The fourth-order valence-corrected chi connectivity index (χ4v) is 3.49. The summed E-state index contributed by atoms with van der Waals surface area (Å²) in [6.45, 7) is 2.07. The van der Waals surface area contributed by atoms with E-state index < -0.39 is 15.9 Å². The van der Waals surface area contributed by atoms with E-state index in [4.69, 9.17) is 0 Å². The number of hydrogen-bond acceptors (Lipinski definition) is 5. The van der Waals surface area contributed by atoms with Gasteiger partial charge in [-0.1, -0.05) is 12.1 Å². The number of benzene rings is 1. The van der Waals surface area contributed by atoms with Crippen LogP contribution in [0.4, 0.5) is 5.69 Å². The highest BCUT2D eigenvalue weighted by atomic mass is 32.2. The molecular formula is C16H22N4O4S. The lowest BCUT2D eigenvalue weighted by Gasteiger charge is -2.29. The van der Waals surface area contributed by atoms with E-state index >= 15 is 0 Å². The monoisotopic (exact) mass is 366 g/mol. The molecule has 2 amide bonds. The first kappa shape index (κ1) is 19.1. The van der Waals surface area contributed by atoms with Gasteiger partial charge in [-0.05, 0) is 30.5 Å². The Balaban J connectivity index is 1.88. The molecule has 0 saturated carbocycles. The molecule has 1 aromatic carbocycles. The van der Waals surface area contributed by atoms with Crippen LogP contribution in [-0.2, 0) is 19.6 Å². The fourth-order valence-electron chi connectivity index (χ4n) is 2.58. The molecule has 1 fully saturated rings. The lowest BCUT2D eigenvalue weighted by atomic mass is 9.99. The first-order chi connectivity index (χ1) is 11.8. The van der Waals surface area contributed by atoms with Gasteiger partial charge in [0.15, 0.2) is 0 Å². The molecule has 1 unspecified atom stereocenters. The van der Waals surface area contributed by atoms with Gasteiger partial charge in [0, 0.05) is 25.7 Å². The van der Waals surface area contributed by atoms with Crippen LogP contribution in [0.1, 0.15) is 25.3 Å². The van der Waals surface area contributed by atoms with E-state index in [0.717, 1.165) is 11.8 Å². The molecule has 0 aromatic heterocycles. The Morgan fingerprint density at radius 2 is 1.96 bits per heavy atom. The Kier molecular flexibility index (Phi) is 6.27. The zero-order valence-corrected chi connectivity index (χ0v) is 15.0. The summed E-state index contributed by atoms with van der Waals surface area (Å²) in [5, 5.41) is 6.57. The van der Waals surface area contributed by atoms with Crippen molar-refractivity contribution >= 4 is 33.7 Å². The third-order valence-corrected chi connectivity index (χ3v) is 5.11. The summed E-state index contributed by atoms with van der Waals surface area (Å²) in [6.07, 6.45) is 3.93. The highest BCUT2D eigenvalue weighted by Gasteiger charge is 2.29. The Morgan fingerprint density at radius 1 is 1.28 bits per heavy atom. The maximum Gasteiger partial charge on any atom is 0.244 e. The first-order valence-corrected chi connectivity index (χ1v) is 9.76. The summed E-state index contributed by atoms with van der Waals surface area (Å²) in [5.41, 5.74) is 3.90. The number of carbonyl (C=O) groups excluding carboxylic acids is 2. The number of anilines is 1. The van der Waals surface area contributed by atoms with Crippen molar-refractivity contribution < 1.29 is 18.0 Å². The smallest absolute Gasteiger partial charge is 0.244 e. The molecule has 136 valence electrons. The van der Waals surface area contributed by atoms with E-state index in [9.17, 15) is 18.0 Å². The van der Waals surface area contributed by atoms with E-state index in [1.54, 1.807) is 24.3 Å². The maximum atomic E-state index is 12.1. The normalized spacial score (nSPS) is 18.9. The van der Waals surface area contributed by atoms with Gasteiger partial charge in [-0.15, -0.1) is 0 Å². The fraction of sp³-hybridized carbons (Fsp3) is 0.438. The van der Waals surface area contributed by atoms with Crippen molar-refractivity contribution in [3.63, 3.8) is 0 Å². The summed E-state index contributed by atoms with van der Waals surface area (Å²) in [6, 6.07) is 6.98. The van der Waals surface area contributed by atoms with Crippen LogP contribution >= 0.6 is 0 Å². The number of hydrazone groups is 1. The summed E-state index contributed by atoms with van der Waals surface area (Å²) in [4.78, 5) is 23.1. The zero-order valence-electron chi connectivity index (χ0n) is 14.2. The average Bonchev–Trinajstić information content (AvgIpc) is 2.55. The molecule has 0 spiro atoms. The van der Waals surface area contributed by atoms with Gasteiger partial charge in [0.05, 0.1) is 18.4 Å². The van der Waals surface area contributed by atoms with Gasteiger partial charge >= 0.3 is 0 Å². The number of nitrogens with zero attached hydrogens (tertiary/aromatic N) is 2. The third kappa shape index (κ3) is 5.95. The number of sulfonamides is 1. The van der Waals surface area contributed by atoms with E-state index in [2.05, 4.69) is 15.8 Å². The van der Waals surface area contributed by atoms with Crippen LogP contribution in [0.5, 0.6) is 0 Å². The lowest BCUT2D eigenvalue weighted by molar-refractivity contribution is -0.126. The van der Waals surface area contributed by atoms with Gasteiger partial charge in [0.2, 0.25) is 21.8 Å². The molecule has 8 nitrogen and oxygen atoms in total. The molecular weight excluding hydrogens is 344 g/mol. The molecule has 2 rings (SSSR count).